The Morgan fingerprint density at radius 1 is 1.18 bits per heavy atom. The predicted octanol–water partition coefficient (Wildman–Crippen LogP) is 4.51. The lowest BCUT2D eigenvalue weighted by molar-refractivity contribution is -0.138. The van der Waals surface area contributed by atoms with Crippen molar-refractivity contribution >= 4 is 40.5 Å². The molecule has 0 radical (unpaired) electrons. The molecular formula is C24H26ClN5O3S. The highest BCUT2D eigenvalue weighted by atomic mass is 35.5. The number of nitrogens with zero attached hydrogens (tertiary/aromatic N) is 5. The van der Waals surface area contributed by atoms with Gasteiger partial charge < -0.3 is 10.0 Å². The van der Waals surface area contributed by atoms with Crippen molar-refractivity contribution < 1.29 is 14.7 Å². The third-order valence-corrected chi connectivity index (χ3v) is 7.48. The van der Waals surface area contributed by atoms with E-state index in [9.17, 15) is 9.59 Å². The SMILES string of the molecule is Cc1sc2c(c1C)C(c1ccc(Cl)cc1)=N[C@@H](CC(=O)N(C)CCCC(=O)O)c1nnc(C)n1-2. The van der Waals surface area contributed by atoms with E-state index in [-0.39, 0.29) is 18.7 Å². The molecule has 178 valence electrons. The van der Waals surface area contributed by atoms with E-state index in [4.69, 9.17) is 21.7 Å². The van der Waals surface area contributed by atoms with E-state index in [1.54, 1.807) is 23.3 Å². The average molecular weight is 500 g/mol. The molecule has 1 aromatic carbocycles. The van der Waals surface area contributed by atoms with Crippen molar-refractivity contribution in [3.05, 3.63) is 62.5 Å². The van der Waals surface area contributed by atoms with Gasteiger partial charge >= 0.3 is 5.97 Å². The first kappa shape index (κ1) is 24.1. The molecule has 0 aliphatic carbocycles. The zero-order valence-electron chi connectivity index (χ0n) is 19.5. The fraction of sp³-hybridized carbons (Fsp3) is 0.375. The highest BCUT2D eigenvalue weighted by molar-refractivity contribution is 7.15. The van der Waals surface area contributed by atoms with Gasteiger partial charge in [0.15, 0.2) is 5.82 Å². The highest BCUT2D eigenvalue weighted by Gasteiger charge is 2.32. The average Bonchev–Trinajstić information content (AvgIpc) is 3.26. The van der Waals surface area contributed by atoms with Gasteiger partial charge in [-0.2, -0.15) is 0 Å². The van der Waals surface area contributed by atoms with E-state index in [1.807, 2.05) is 35.8 Å². The van der Waals surface area contributed by atoms with Crippen molar-refractivity contribution in [3.8, 4) is 5.00 Å². The summed E-state index contributed by atoms with van der Waals surface area (Å²) < 4.78 is 2.01. The molecule has 34 heavy (non-hydrogen) atoms. The van der Waals surface area contributed by atoms with Gasteiger partial charge in [0.2, 0.25) is 5.91 Å². The number of carbonyl (C=O) groups excluding carboxylic acids is 1. The molecule has 10 heteroatoms. The van der Waals surface area contributed by atoms with Gasteiger partial charge in [-0.3, -0.25) is 19.1 Å². The fourth-order valence-corrected chi connectivity index (χ4v) is 5.39. The molecule has 1 amide bonds. The lowest BCUT2D eigenvalue weighted by Gasteiger charge is -2.19. The summed E-state index contributed by atoms with van der Waals surface area (Å²) in [7, 11) is 1.69. The van der Waals surface area contributed by atoms with Gasteiger partial charge in [-0.15, -0.1) is 21.5 Å². The third-order valence-electron chi connectivity index (χ3n) is 6.04. The Morgan fingerprint density at radius 3 is 2.56 bits per heavy atom. The number of hydrogen-bond donors (Lipinski definition) is 1. The van der Waals surface area contributed by atoms with Gasteiger partial charge in [0.1, 0.15) is 16.9 Å². The number of aromatic nitrogens is 3. The summed E-state index contributed by atoms with van der Waals surface area (Å²) in [5.74, 6) is 0.357. The molecule has 0 spiro atoms. The van der Waals surface area contributed by atoms with Crippen molar-refractivity contribution in [2.45, 2.75) is 46.1 Å². The molecule has 8 nitrogen and oxygen atoms in total. The second kappa shape index (κ2) is 9.68. The summed E-state index contributed by atoms with van der Waals surface area (Å²) in [5.41, 5.74) is 3.85. The topological polar surface area (TPSA) is 101 Å². The van der Waals surface area contributed by atoms with Crippen molar-refractivity contribution in [2.24, 2.45) is 4.99 Å². The maximum absolute atomic E-state index is 13.1. The Labute approximate surface area is 206 Å². The summed E-state index contributed by atoms with van der Waals surface area (Å²) in [6, 6.07) is 7.00. The van der Waals surface area contributed by atoms with Crippen LogP contribution in [0.3, 0.4) is 0 Å². The van der Waals surface area contributed by atoms with Crippen LogP contribution in [-0.2, 0) is 9.59 Å². The van der Waals surface area contributed by atoms with Gasteiger partial charge in [0, 0.05) is 41.0 Å². The fourth-order valence-electron chi connectivity index (χ4n) is 4.05. The normalized spacial score (nSPS) is 14.7. The summed E-state index contributed by atoms with van der Waals surface area (Å²) in [6.07, 6.45) is 0.518. The Hall–Kier alpha value is -3.04. The van der Waals surface area contributed by atoms with E-state index in [0.717, 1.165) is 33.2 Å². The Bertz CT molecular complexity index is 1280. The second-order valence-corrected chi connectivity index (χ2v) is 10.1. The van der Waals surface area contributed by atoms with Gasteiger partial charge in [0.25, 0.3) is 0 Å². The van der Waals surface area contributed by atoms with Crippen molar-refractivity contribution in [3.63, 3.8) is 0 Å². The summed E-state index contributed by atoms with van der Waals surface area (Å²) in [4.78, 5) is 31.7. The number of carboxylic acid groups (broad SMARTS) is 1. The minimum atomic E-state index is -0.873. The molecule has 1 atom stereocenters. The monoisotopic (exact) mass is 499 g/mol. The number of aliphatic imine (C=N–C) groups is 1. The molecule has 1 aliphatic heterocycles. The standard InChI is InChI=1S/C24H26ClN5O3S/c1-13-14(2)34-24-21(13)22(16-7-9-17(25)10-8-16)26-18(23-28-27-15(3)30(23)24)12-19(31)29(4)11-5-6-20(32)33/h7-10,18H,5-6,11-12H2,1-4H3,(H,32,33)/t18-/m0/s1. The molecule has 3 heterocycles. The van der Waals surface area contributed by atoms with Crippen LogP contribution < -0.4 is 0 Å². The molecule has 2 aromatic heterocycles. The number of aliphatic carboxylic acids is 1. The number of rotatable bonds is 7. The van der Waals surface area contributed by atoms with Gasteiger partial charge in [-0.25, -0.2) is 0 Å². The van der Waals surface area contributed by atoms with Crippen LogP contribution >= 0.6 is 22.9 Å². The van der Waals surface area contributed by atoms with Gasteiger partial charge in [0.05, 0.1) is 12.1 Å². The van der Waals surface area contributed by atoms with E-state index in [0.29, 0.717) is 23.8 Å². The van der Waals surface area contributed by atoms with Gasteiger partial charge in [-0.1, -0.05) is 23.7 Å². The number of carboxylic acids is 1. The maximum Gasteiger partial charge on any atom is 0.303 e. The predicted molar refractivity (Wildman–Crippen MR) is 132 cm³/mol. The second-order valence-electron chi connectivity index (χ2n) is 8.42. The minimum absolute atomic E-state index is 0.0201. The van der Waals surface area contributed by atoms with Crippen LogP contribution in [0.1, 0.15) is 58.5 Å². The van der Waals surface area contributed by atoms with Crippen LogP contribution in [0.2, 0.25) is 5.02 Å². The molecule has 0 fully saturated rings. The van der Waals surface area contributed by atoms with E-state index >= 15 is 0 Å². The van der Waals surface area contributed by atoms with Crippen LogP contribution in [0.5, 0.6) is 0 Å². The molecule has 0 saturated carbocycles. The number of thiophene rings is 1. The summed E-state index contributed by atoms with van der Waals surface area (Å²) >= 11 is 7.80. The minimum Gasteiger partial charge on any atom is -0.481 e. The van der Waals surface area contributed by atoms with Crippen molar-refractivity contribution in [2.75, 3.05) is 13.6 Å². The van der Waals surface area contributed by atoms with Crippen LogP contribution in [0.25, 0.3) is 5.00 Å². The third kappa shape index (κ3) is 4.63. The number of halogens is 1. The Morgan fingerprint density at radius 2 is 1.88 bits per heavy atom. The Kier molecular flexibility index (Phi) is 6.86. The number of aryl methyl sites for hydroxylation is 2. The van der Waals surface area contributed by atoms with Crippen LogP contribution in [0.4, 0.5) is 0 Å². The molecule has 1 aliphatic rings. The highest BCUT2D eigenvalue weighted by Crippen LogP contribution is 2.39. The zero-order valence-corrected chi connectivity index (χ0v) is 21.1. The summed E-state index contributed by atoms with van der Waals surface area (Å²) in [6.45, 7) is 6.43. The van der Waals surface area contributed by atoms with E-state index < -0.39 is 12.0 Å². The van der Waals surface area contributed by atoms with Gasteiger partial charge in [-0.05, 0) is 44.9 Å². The largest absolute Gasteiger partial charge is 0.481 e. The molecule has 0 saturated heterocycles. The number of benzene rings is 1. The molecule has 0 unspecified atom stereocenters. The van der Waals surface area contributed by atoms with E-state index in [1.165, 1.54) is 4.88 Å². The first-order valence-corrected chi connectivity index (χ1v) is 12.2. The number of fused-ring (bicyclic) bond motifs is 3. The lowest BCUT2D eigenvalue weighted by atomic mass is 9.99. The smallest absolute Gasteiger partial charge is 0.303 e. The summed E-state index contributed by atoms with van der Waals surface area (Å²) in [5, 5.41) is 19.2. The van der Waals surface area contributed by atoms with Crippen molar-refractivity contribution in [1.29, 1.82) is 0 Å². The van der Waals surface area contributed by atoms with Crippen LogP contribution in [0, 0.1) is 20.8 Å². The zero-order chi connectivity index (χ0) is 24.6. The van der Waals surface area contributed by atoms with Crippen molar-refractivity contribution in [1.82, 2.24) is 19.7 Å². The molecule has 4 rings (SSSR count). The molecule has 1 N–H and O–H groups in total. The number of carbonyl (C=O) groups is 2. The first-order chi connectivity index (χ1) is 16.2. The molecule has 0 bridgehead atoms. The molecular weight excluding hydrogens is 474 g/mol. The van der Waals surface area contributed by atoms with Crippen LogP contribution in [-0.4, -0.2) is 56.0 Å². The lowest BCUT2D eigenvalue weighted by Crippen LogP contribution is -2.29. The Balaban J connectivity index is 1.78. The maximum atomic E-state index is 13.1. The van der Waals surface area contributed by atoms with E-state index in [2.05, 4.69) is 24.0 Å². The number of amides is 1. The quantitative estimate of drug-likeness (QED) is 0.515. The molecule has 3 aromatic rings. The van der Waals surface area contributed by atoms with Crippen LogP contribution in [0.15, 0.2) is 29.3 Å². The first-order valence-electron chi connectivity index (χ1n) is 11.0. The number of hydrogen-bond acceptors (Lipinski definition) is 6.